The van der Waals surface area contributed by atoms with Gasteiger partial charge in [-0.1, -0.05) is 77.0 Å². The molecule has 31 heavy (non-hydrogen) atoms. The summed E-state index contributed by atoms with van der Waals surface area (Å²) in [6, 6.07) is 5.37. The van der Waals surface area contributed by atoms with Gasteiger partial charge in [-0.05, 0) is 31.4 Å². The lowest BCUT2D eigenvalue weighted by molar-refractivity contribution is 0.257. The Labute approximate surface area is 186 Å². The van der Waals surface area contributed by atoms with Gasteiger partial charge < -0.3 is 18.6 Å². The number of rotatable bonds is 16. The number of hydrogen-bond donors (Lipinski definition) is 0. The van der Waals surface area contributed by atoms with E-state index >= 15 is 0 Å². The highest BCUT2D eigenvalue weighted by molar-refractivity contribution is 5.91. The fourth-order valence-electron chi connectivity index (χ4n) is 3.53. The van der Waals surface area contributed by atoms with E-state index in [-0.39, 0.29) is 5.75 Å². The third kappa shape index (κ3) is 7.97. The molecule has 5 heteroatoms. The lowest BCUT2D eigenvalue weighted by atomic mass is 10.1. The predicted molar refractivity (Wildman–Crippen MR) is 127 cm³/mol. The molecular formula is C26H38O5. The third-order valence-electron chi connectivity index (χ3n) is 5.21. The molecule has 0 aliphatic carbocycles. The van der Waals surface area contributed by atoms with Crippen LogP contribution < -0.4 is 19.8 Å². The van der Waals surface area contributed by atoms with Crippen LogP contribution in [0.15, 0.2) is 39.6 Å². The zero-order valence-corrected chi connectivity index (χ0v) is 19.4. The molecule has 5 nitrogen and oxygen atoms in total. The van der Waals surface area contributed by atoms with Crippen LogP contribution in [0, 0.1) is 0 Å². The van der Waals surface area contributed by atoms with Crippen molar-refractivity contribution in [2.45, 2.75) is 78.1 Å². The van der Waals surface area contributed by atoms with Crippen LogP contribution in [-0.4, -0.2) is 20.3 Å². The van der Waals surface area contributed by atoms with E-state index in [2.05, 4.69) is 19.9 Å². The molecule has 0 atom stereocenters. The second-order valence-corrected chi connectivity index (χ2v) is 7.72. The summed E-state index contributed by atoms with van der Waals surface area (Å²) in [6.45, 7) is 5.23. The first-order valence-corrected chi connectivity index (χ1v) is 11.8. The topological polar surface area (TPSA) is 57.9 Å². The average Bonchev–Trinajstić information content (AvgIpc) is 2.78. The summed E-state index contributed by atoms with van der Waals surface area (Å²) in [5.41, 5.74) is -0.0837. The van der Waals surface area contributed by atoms with Gasteiger partial charge in [-0.3, -0.25) is 0 Å². The van der Waals surface area contributed by atoms with Crippen molar-refractivity contribution < 1.29 is 18.6 Å². The maximum Gasteiger partial charge on any atom is 0.383 e. The molecule has 0 amide bonds. The minimum atomic E-state index is -0.522. The Bertz CT molecular complexity index is 853. The van der Waals surface area contributed by atoms with Crippen molar-refractivity contribution in [1.29, 1.82) is 0 Å². The van der Waals surface area contributed by atoms with E-state index in [0.29, 0.717) is 42.1 Å². The minimum Gasteiger partial charge on any atom is -0.496 e. The smallest absolute Gasteiger partial charge is 0.383 e. The molecule has 0 N–H and O–H groups in total. The Hall–Kier alpha value is -2.43. The van der Waals surface area contributed by atoms with Crippen molar-refractivity contribution in [2.75, 3.05) is 20.3 Å². The first kappa shape index (κ1) is 24.8. The highest BCUT2D eigenvalue weighted by atomic mass is 16.5. The van der Waals surface area contributed by atoms with E-state index in [1.807, 2.05) is 12.1 Å². The van der Waals surface area contributed by atoms with Crippen LogP contribution in [0.2, 0.25) is 0 Å². The van der Waals surface area contributed by atoms with Crippen molar-refractivity contribution in [3.63, 3.8) is 0 Å². The van der Waals surface area contributed by atoms with E-state index in [4.69, 9.17) is 18.6 Å². The molecule has 2 rings (SSSR count). The van der Waals surface area contributed by atoms with Gasteiger partial charge in [0.05, 0.1) is 20.3 Å². The molecule has 2 aromatic rings. The first-order chi connectivity index (χ1) is 15.2. The molecule has 0 fully saturated rings. The maximum atomic E-state index is 12.6. The molecule has 0 aliphatic rings. The van der Waals surface area contributed by atoms with Crippen LogP contribution in [0.4, 0.5) is 0 Å². The van der Waals surface area contributed by atoms with Gasteiger partial charge in [0.25, 0.3) is 0 Å². The molecule has 0 radical (unpaired) electrons. The van der Waals surface area contributed by atoms with Crippen molar-refractivity contribution in [2.24, 2.45) is 0 Å². The lowest BCUT2D eigenvalue weighted by Gasteiger charge is -2.15. The number of allylic oxidation sites excluding steroid dienone is 1. The number of ether oxygens (including phenoxy) is 3. The van der Waals surface area contributed by atoms with E-state index in [9.17, 15) is 4.79 Å². The van der Waals surface area contributed by atoms with Gasteiger partial charge in [0.2, 0.25) is 5.75 Å². The molecule has 1 aromatic carbocycles. The third-order valence-corrected chi connectivity index (χ3v) is 5.21. The SMILES string of the molecule is CC/C=C/CCOc1c(OCCCCCCCCCC)c2c(OC)cccc2oc1=O. The standard InChI is InChI=1S/C26H38O5/c1-4-6-8-10-11-12-13-15-19-29-24-23-21(28-3)17-16-18-22(23)31-26(27)25(24)30-20-14-9-7-5-2/h7,9,16-18H,4-6,8,10-15,19-20H2,1-3H3/b9-7+. The summed E-state index contributed by atoms with van der Waals surface area (Å²) in [5, 5.41) is 0.642. The first-order valence-electron chi connectivity index (χ1n) is 11.8. The molecule has 1 heterocycles. The number of fused-ring (bicyclic) bond motifs is 1. The quantitative estimate of drug-likeness (QED) is 0.162. The lowest BCUT2D eigenvalue weighted by Crippen LogP contribution is -2.12. The van der Waals surface area contributed by atoms with Gasteiger partial charge >= 0.3 is 5.63 Å². The van der Waals surface area contributed by atoms with Crippen molar-refractivity contribution >= 4 is 11.0 Å². The average molecular weight is 431 g/mol. The summed E-state index contributed by atoms with van der Waals surface area (Å²) in [7, 11) is 1.60. The Morgan fingerprint density at radius 3 is 2.29 bits per heavy atom. The van der Waals surface area contributed by atoms with E-state index < -0.39 is 5.63 Å². The zero-order chi connectivity index (χ0) is 22.3. The Morgan fingerprint density at radius 1 is 0.871 bits per heavy atom. The second kappa shape index (κ2) is 14.6. The fourth-order valence-corrected chi connectivity index (χ4v) is 3.53. The van der Waals surface area contributed by atoms with Crippen LogP contribution in [0.1, 0.15) is 78.1 Å². The van der Waals surface area contributed by atoms with Crippen LogP contribution in [0.3, 0.4) is 0 Å². The zero-order valence-electron chi connectivity index (χ0n) is 19.4. The molecule has 0 spiro atoms. The van der Waals surface area contributed by atoms with Crippen molar-refractivity contribution in [3.8, 4) is 17.2 Å². The molecule has 0 unspecified atom stereocenters. The van der Waals surface area contributed by atoms with Gasteiger partial charge in [0, 0.05) is 0 Å². The molecule has 0 bridgehead atoms. The fraction of sp³-hybridized carbons (Fsp3) is 0.577. The molecule has 172 valence electrons. The van der Waals surface area contributed by atoms with Gasteiger partial charge in [-0.25, -0.2) is 4.79 Å². The number of unbranched alkanes of at least 4 members (excludes halogenated alkanes) is 7. The summed E-state index contributed by atoms with van der Waals surface area (Å²) >= 11 is 0. The van der Waals surface area contributed by atoms with E-state index in [1.54, 1.807) is 19.2 Å². The van der Waals surface area contributed by atoms with Crippen LogP contribution in [-0.2, 0) is 0 Å². The maximum absolute atomic E-state index is 12.6. The molecular weight excluding hydrogens is 392 g/mol. The second-order valence-electron chi connectivity index (χ2n) is 7.72. The predicted octanol–water partition coefficient (Wildman–Crippen LogP) is 7.06. The molecule has 0 saturated heterocycles. The molecule has 0 saturated carbocycles. The Balaban J connectivity index is 2.08. The van der Waals surface area contributed by atoms with Gasteiger partial charge in [0.1, 0.15) is 16.7 Å². The van der Waals surface area contributed by atoms with Crippen molar-refractivity contribution in [1.82, 2.24) is 0 Å². The number of hydrogen-bond acceptors (Lipinski definition) is 5. The highest BCUT2D eigenvalue weighted by Crippen LogP contribution is 2.39. The largest absolute Gasteiger partial charge is 0.496 e. The summed E-state index contributed by atoms with van der Waals surface area (Å²) in [4.78, 5) is 12.6. The van der Waals surface area contributed by atoms with Crippen LogP contribution in [0.25, 0.3) is 11.0 Å². The number of methoxy groups -OCH3 is 1. The van der Waals surface area contributed by atoms with Crippen LogP contribution in [0.5, 0.6) is 17.2 Å². The highest BCUT2D eigenvalue weighted by Gasteiger charge is 2.20. The van der Waals surface area contributed by atoms with E-state index in [0.717, 1.165) is 19.3 Å². The molecule has 1 aromatic heterocycles. The minimum absolute atomic E-state index is 0.126. The van der Waals surface area contributed by atoms with Gasteiger partial charge in [-0.2, -0.15) is 0 Å². The summed E-state index contributed by atoms with van der Waals surface area (Å²) in [5.74, 6) is 1.15. The Morgan fingerprint density at radius 2 is 1.58 bits per heavy atom. The van der Waals surface area contributed by atoms with Gasteiger partial charge in [-0.15, -0.1) is 0 Å². The monoisotopic (exact) mass is 430 g/mol. The van der Waals surface area contributed by atoms with Crippen molar-refractivity contribution in [3.05, 3.63) is 40.8 Å². The number of benzene rings is 1. The summed E-state index contributed by atoms with van der Waals surface area (Å²) < 4.78 is 22.9. The normalized spacial score (nSPS) is 11.3. The van der Waals surface area contributed by atoms with E-state index in [1.165, 1.54) is 38.5 Å². The Kier molecular flexibility index (Phi) is 11.7. The summed E-state index contributed by atoms with van der Waals surface area (Å²) in [6.07, 6.45) is 15.6. The van der Waals surface area contributed by atoms with Crippen LogP contribution >= 0.6 is 0 Å². The molecule has 0 aliphatic heterocycles. The van der Waals surface area contributed by atoms with Gasteiger partial charge in [0.15, 0.2) is 5.75 Å².